The van der Waals surface area contributed by atoms with Crippen LogP contribution in [0.4, 0.5) is 0 Å². The SMILES string of the molecule is COC(=O)C1=C(C(=O)c2ccccc2)C(=O)c2cc(OC)c(OC)c(OC)c2C1(O)c1ccc(OC)c(OC)c1. The summed E-state index contributed by atoms with van der Waals surface area (Å²) in [6.07, 6.45) is 0. The van der Waals surface area contributed by atoms with Crippen molar-refractivity contribution in [3.05, 3.63) is 88.0 Å². The molecule has 0 heterocycles. The minimum absolute atomic E-state index is 0.0532. The number of allylic oxidation sites excluding steroid dienone is 1. The van der Waals surface area contributed by atoms with Crippen molar-refractivity contribution in [2.24, 2.45) is 0 Å². The summed E-state index contributed by atoms with van der Waals surface area (Å²) in [7, 11) is 7.96. The summed E-state index contributed by atoms with van der Waals surface area (Å²) in [5.74, 6) is -2.11. The molecule has 1 atom stereocenters. The van der Waals surface area contributed by atoms with Crippen molar-refractivity contribution in [2.45, 2.75) is 5.60 Å². The maximum Gasteiger partial charge on any atom is 0.338 e. The Kier molecular flexibility index (Phi) is 7.83. The number of aliphatic hydroxyl groups is 1. The van der Waals surface area contributed by atoms with E-state index >= 15 is 0 Å². The molecule has 0 aromatic heterocycles. The normalized spacial score (nSPS) is 16.1. The summed E-state index contributed by atoms with van der Waals surface area (Å²) >= 11 is 0. The van der Waals surface area contributed by atoms with Gasteiger partial charge in [-0.25, -0.2) is 4.79 Å². The molecule has 208 valence electrons. The lowest BCUT2D eigenvalue weighted by molar-refractivity contribution is -0.138. The first-order chi connectivity index (χ1) is 19.2. The van der Waals surface area contributed by atoms with Crippen LogP contribution < -0.4 is 23.7 Å². The van der Waals surface area contributed by atoms with Crippen LogP contribution in [0.25, 0.3) is 0 Å². The van der Waals surface area contributed by atoms with Gasteiger partial charge in [0.25, 0.3) is 0 Å². The van der Waals surface area contributed by atoms with E-state index < -0.39 is 34.3 Å². The van der Waals surface area contributed by atoms with Crippen molar-refractivity contribution in [3.8, 4) is 28.7 Å². The van der Waals surface area contributed by atoms with Gasteiger partial charge < -0.3 is 33.5 Å². The monoisotopic (exact) mass is 548 g/mol. The van der Waals surface area contributed by atoms with Crippen LogP contribution in [0.15, 0.2) is 65.7 Å². The van der Waals surface area contributed by atoms with Crippen LogP contribution in [-0.2, 0) is 15.1 Å². The summed E-state index contributed by atoms with van der Waals surface area (Å²) in [5, 5.41) is 12.8. The topological polar surface area (TPSA) is 127 Å². The predicted octanol–water partition coefficient (Wildman–Crippen LogP) is 3.51. The molecule has 1 aliphatic rings. The molecular formula is C30H28O10. The van der Waals surface area contributed by atoms with Crippen LogP contribution in [0, 0.1) is 0 Å². The fraction of sp³-hybridized carbons (Fsp3) is 0.233. The number of ketones is 2. The largest absolute Gasteiger partial charge is 0.493 e. The van der Waals surface area contributed by atoms with Gasteiger partial charge in [-0.05, 0) is 23.8 Å². The number of rotatable bonds is 9. The number of methoxy groups -OCH3 is 6. The van der Waals surface area contributed by atoms with Gasteiger partial charge in [-0.2, -0.15) is 0 Å². The summed E-state index contributed by atoms with van der Waals surface area (Å²) in [4.78, 5) is 41.6. The zero-order valence-corrected chi connectivity index (χ0v) is 22.8. The average Bonchev–Trinajstić information content (AvgIpc) is 3.00. The maximum absolute atomic E-state index is 14.1. The number of ether oxygens (including phenoxy) is 6. The molecule has 1 aliphatic carbocycles. The number of hydrogen-bond acceptors (Lipinski definition) is 10. The van der Waals surface area contributed by atoms with E-state index in [1.54, 1.807) is 18.2 Å². The molecule has 0 fully saturated rings. The van der Waals surface area contributed by atoms with Gasteiger partial charge in [0, 0.05) is 11.1 Å². The number of Topliss-reactive ketones (excluding diaryl/α,β-unsaturated/α-hetero) is 2. The second-order valence-electron chi connectivity index (χ2n) is 8.61. The lowest BCUT2D eigenvalue weighted by Crippen LogP contribution is -2.43. The van der Waals surface area contributed by atoms with Gasteiger partial charge in [0.2, 0.25) is 5.75 Å². The third kappa shape index (κ3) is 4.22. The highest BCUT2D eigenvalue weighted by Gasteiger charge is 2.54. The van der Waals surface area contributed by atoms with Crippen molar-refractivity contribution in [1.82, 2.24) is 0 Å². The Balaban J connectivity index is 2.24. The first-order valence-electron chi connectivity index (χ1n) is 12.0. The number of fused-ring (bicyclic) bond motifs is 1. The molecule has 0 bridgehead atoms. The Labute approximate surface area is 230 Å². The van der Waals surface area contributed by atoms with Gasteiger partial charge in [-0.15, -0.1) is 0 Å². The summed E-state index contributed by atoms with van der Waals surface area (Å²) < 4.78 is 32.5. The molecule has 1 N–H and O–H groups in total. The molecule has 0 saturated carbocycles. The van der Waals surface area contributed by atoms with Gasteiger partial charge in [0.05, 0.1) is 59.4 Å². The van der Waals surface area contributed by atoms with E-state index in [2.05, 4.69) is 0 Å². The highest BCUT2D eigenvalue weighted by molar-refractivity contribution is 6.35. The molecule has 0 saturated heterocycles. The van der Waals surface area contributed by atoms with Crippen LogP contribution in [0.1, 0.15) is 31.8 Å². The molecule has 0 aliphatic heterocycles. The van der Waals surface area contributed by atoms with E-state index in [1.165, 1.54) is 71.9 Å². The molecule has 0 radical (unpaired) electrons. The van der Waals surface area contributed by atoms with Crippen LogP contribution in [0.5, 0.6) is 28.7 Å². The Bertz CT molecular complexity index is 1520. The lowest BCUT2D eigenvalue weighted by atomic mass is 9.68. The average molecular weight is 549 g/mol. The molecular weight excluding hydrogens is 520 g/mol. The molecule has 40 heavy (non-hydrogen) atoms. The molecule has 3 aromatic carbocycles. The maximum atomic E-state index is 14.1. The third-order valence-corrected chi connectivity index (χ3v) is 6.73. The zero-order valence-electron chi connectivity index (χ0n) is 22.8. The van der Waals surface area contributed by atoms with Crippen LogP contribution in [0.2, 0.25) is 0 Å². The van der Waals surface area contributed by atoms with Gasteiger partial charge in [-0.3, -0.25) is 9.59 Å². The van der Waals surface area contributed by atoms with E-state index in [0.717, 1.165) is 7.11 Å². The standard InChI is InChI=1S/C30H28O10/c1-35-19-13-12-17(14-20(19)36-2)30(34)23-18(15-21(37-3)27(38-4)28(23)39-5)26(32)22(24(30)29(33)40-6)25(31)16-10-8-7-9-11-16/h7-15,34H,1-6H3. The first-order valence-corrected chi connectivity index (χ1v) is 12.0. The van der Waals surface area contributed by atoms with Gasteiger partial charge in [0.15, 0.2) is 40.2 Å². The number of benzene rings is 3. The molecule has 3 aromatic rings. The molecule has 10 nitrogen and oxygen atoms in total. The zero-order chi connectivity index (χ0) is 29.2. The number of carbonyl (C=O) groups is 3. The van der Waals surface area contributed by atoms with Gasteiger partial charge >= 0.3 is 5.97 Å². The molecule has 0 amide bonds. The Morgan fingerprint density at radius 2 is 1.35 bits per heavy atom. The number of carbonyl (C=O) groups excluding carboxylic acids is 3. The Morgan fingerprint density at radius 3 is 1.90 bits per heavy atom. The highest BCUT2D eigenvalue weighted by Crippen LogP contribution is 2.55. The van der Waals surface area contributed by atoms with Gasteiger partial charge in [-0.1, -0.05) is 36.4 Å². The van der Waals surface area contributed by atoms with Crippen molar-refractivity contribution >= 4 is 17.5 Å². The van der Waals surface area contributed by atoms with E-state index in [9.17, 15) is 19.5 Å². The van der Waals surface area contributed by atoms with Crippen LogP contribution in [0.3, 0.4) is 0 Å². The van der Waals surface area contributed by atoms with Crippen molar-refractivity contribution in [2.75, 3.05) is 42.7 Å². The first kappa shape index (κ1) is 28.2. The van der Waals surface area contributed by atoms with E-state index in [1.807, 2.05) is 0 Å². The van der Waals surface area contributed by atoms with Gasteiger partial charge in [0.1, 0.15) is 0 Å². The quantitative estimate of drug-likeness (QED) is 0.241. The third-order valence-electron chi connectivity index (χ3n) is 6.73. The molecule has 10 heteroatoms. The smallest absolute Gasteiger partial charge is 0.338 e. The van der Waals surface area contributed by atoms with E-state index in [0.29, 0.717) is 5.75 Å². The second-order valence-corrected chi connectivity index (χ2v) is 8.61. The number of hydrogen-bond donors (Lipinski definition) is 1. The fourth-order valence-electron chi connectivity index (χ4n) is 4.90. The highest BCUT2D eigenvalue weighted by atomic mass is 16.5. The molecule has 0 spiro atoms. The summed E-state index contributed by atoms with van der Waals surface area (Å²) in [5.41, 5.74) is -3.74. The van der Waals surface area contributed by atoms with E-state index in [4.69, 9.17) is 28.4 Å². The minimum Gasteiger partial charge on any atom is -0.493 e. The second kappa shape index (κ2) is 11.1. The molecule has 1 unspecified atom stereocenters. The summed E-state index contributed by atoms with van der Waals surface area (Å²) in [6, 6.07) is 13.7. The van der Waals surface area contributed by atoms with E-state index in [-0.39, 0.29) is 45.3 Å². The minimum atomic E-state index is -2.47. The van der Waals surface area contributed by atoms with Crippen molar-refractivity contribution in [1.29, 1.82) is 0 Å². The number of esters is 1. The van der Waals surface area contributed by atoms with Crippen LogP contribution in [-0.4, -0.2) is 65.3 Å². The van der Waals surface area contributed by atoms with Crippen molar-refractivity contribution < 1.29 is 47.9 Å². The Morgan fingerprint density at radius 1 is 0.725 bits per heavy atom. The van der Waals surface area contributed by atoms with Crippen molar-refractivity contribution in [3.63, 3.8) is 0 Å². The molecule has 4 rings (SSSR count). The summed E-state index contributed by atoms with van der Waals surface area (Å²) in [6.45, 7) is 0. The predicted molar refractivity (Wildman–Crippen MR) is 143 cm³/mol. The fourth-order valence-corrected chi connectivity index (χ4v) is 4.90. The van der Waals surface area contributed by atoms with Crippen LogP contribution >= 0.6 is 0 Å². The lowest BCUT2D eigenvalue weighted by Gasteiger charge is -2.38. The Hall–Kier alpha value is -4.83.